The number of carboxylic acid groups (broad SMARTS) is 1. The number of carboxylic acids is 1. The average molecular weight is 258 g/mol. The molecule has 19 heavy (non-hydrogen) atoms. The molecule has 0 radical (unpaired) electrons. The number of rotatable bonds is 3. The molecule has 0 spiro atoms. The zero-order valence-electron chi connectivity index (χ0n) is 10.7. The molecule has 4 nitrogen and oxygen atoms in total. The molecular weight excluding hydrogens is 244 g/mol. The second kappa shape index (κ2) is 4.72. The van der Waals surface area contributed by atoms with Gasteiger partial charge in [0.1, 0.15) is 5.75 Å². The van der Waals surface area contributed by atoms with Crippen LogP contribution in [0.5, 0.6) is 5.75 Å². The maximum absolute atomic E-state index is 11.1. The molecule has 0 saturated heterocycles. The summed E-state index contributed by atoms with van der Waals surface area (Å²) < 4.78 is 0. The van der Waals surface area contributed by atoms with Crippen LogP contribution >= 0.6 is 0 Å². The van der Waals surface area contributed by atoms with E-state index in [1.54, 1.807) is 12.1 Å². The summed E-state index contributed by atoms with van der Waals surface area (Å²) in [5.41, 5.74) is 1.18. The van der Waals surface area contributed by atoms with E-state index in [1.807, 2.05) is 13.8 Å². The van der Waals surface area contributed by atoms with Crippen LogP contribution in [0.3, 0.4) is 0 Å². The van der Waals surface area contributed by atoms with E-state index >= 15 is 0 Å². The predicted molar refractivity (Wildman–Crippen MR) is 72.0 cm³/mol. The molecule has 0 heterocycles. The van der Waals surface area contributed by atoms with E-state index in [9.17, 15) is 14.7 Å². The highest BCUT2D eigenvalue weighted by Crippen LogP contribution is 2.34. The highest BCUT2D eigenvalue weighted by molar-refractivity contribution is 6.04. The Morgan fingerprint density at radius 1 is 1.21 bits per heavy atom. The number of carbonyl (C=O) groups is 2. The lowest BCUT2D eigenvalue weighted by Crippen LogP contribution is -1.99. The fraction of sp³-hybridized carbons (Fsp3) is 0.200. The van der Waals surface area contributed by atoms with Crippen LogP contribution in [-0.2, 0) is 0 Å². The molecule has 4 heteroatoms. The normalized spacial score (nSPS) is 10.9. The number of aromatic carboxylic acids is 1. The van der Waals surface area contributed by atoms with E-state index in [-0.39, 0.29) is 22.8 Å². The summed E-state index contributed by atoms with van der Waals surface area (Å²) in [4.78, 5) is 22.1. The van der Waals surface area contributed by atoms with Crippen LogP contribution in [-0.4, -0.2) is 22.5 Å². The average Bonchev–Trinajstić information content (AvgIpc) is 2.37. The number of phenolic OH excluding ortho intramolecular Hbond substituents is 1. The number of benzene rings is 2. The van der Waals surface area contributed by atoms with Crippen LogP contribution in [0.2, 0.25) is 0 Å². The van der Waals surface area contributed by atoms with Crippen LogP contribution in [0.4, 0.5) is 0 Å². The van der Waals surface area contributed by atoms with E-state index < -0.39 is 5.97 Å². The molecule has 2 rings (SSSR count). The smallest absolute Gasteiger partial charge is 0.335 e. The van der Waals surface area contributed by atoms with Gasteiger partial charge in [-0.2, -0.15) is 0 Å². The molecule has 2 aromatic rings. The van der Waals surface area contributed by atoms with Gasteiger partial charge in [0.25, 0.3) is 0 Å². The van der Waals surface area contributed by atoms with Crippen LogP contribution in [0.25, 0.3) is 10.8 Å². The van der Waals surface area contributed by atoms with Crippen molar-refractivity contribution < 1.29 is 19.8 Å². The van der Waals surface area contributed by atoms with Crippen molar-refractivity contribution in [3.05, 3.63) is 41.0 Å². The van der Waals surface area contributed by atoms with Gasteiger partial charge in [0.2, 0.25) is 0 Å². The second-order valence-corrected chi connectivity index (χ2v) is 4.74. The lowest BCUT2D eigenvalue weighted by Gasteiger charge is -2.13. The number of phenols is 1. The number of aldehydes is 1. The zero-order valence-corrected chi connectivity index (χ0v) is 10.7. The molecular formula is C15H14O4. The van der Waals surface area contributed by atoms with E-state index in [0.717, 1.165) is 5.56 Å². The summed E-state index contributed by atoms with van der Waals surface area (Å²) in [5, 5.41) is 20.2. The maximum atomic E-state index is 11.1. The molecule has 0 atom stereocenters. The van der Waals surface area contributed by atoms with Crippen LogP contribution in [0, 0.1) is 0 Å². The second-order valence-electron chi connectivity index (χ2n) is 4.74. The minimum Gasteiger partial charge on any atom is -0.507 e. The molecule has 0 unspecified atom stereocenters. The van der Waals surface area contributed by atoms with Gasteiger partial charge in [0, 0.05) is 0 Å². The third-order valence-electron chi connectivity index (χ3n) is 3.18. The van der Waals surface area contributed by atoms with Crippen molar-refractivity contribution in [1.29, 1.82) is 0 Å². The number of fused-ring (bicyclic) bond motifs is 1. The summed E-state index contributed by atoms with van der Waals surface area (Å²) >= 11 is 0. The van der Waals surface area contributed by atoms with E-state index in [1.165, 1.54) is 12.1 Å². The topological polar surface area (TPSA) is 74.6 Å². The first-order chi connectivity index (χ1) is 8.95. The molecule has 2 aromatic carbocycles. The fourth-order valence-corrected chi connectivity index (χ4v) is 2.19. The highest BCUT2D eigenvalue weighted by Gasteiger charge is 2.15. The van der Waals surface area contributed by atoms with Crippen LogP contribution in [0.15, 0.2) is 24.3 Å². The van der Waals surface area contributed by atoms with Crippen LogP contribution in [0.1, 0.15) is 46.0 Å². The number of carbonyl (C=O) groups excluding carboxylic acids is 1. The van der Waals surface area contributed by atoms with Gasteiger partial charge >= 0.3 is 5.97 Å². The largest absolute Gasteiger partial charge is 0.507 e. The molecule has 0 amide bonds. The summed E-state index contributed by atoms with van der Waals surface area (Å²) in [6.45, 7) is 3.89. The molecule has 0 aromatic heterocycles. The first-order valence-electron chi connectivity index (χ1n) is 5.93. The zero-order chi connectivity index (χ0) is 14.2. The molecule has 0 aliphatic heterocycles. The predicted octanol–water partition coefficient (Wildman–Crippen LogP) is 3.18. The molecule has 0 bridgehead atoms. The van der Waals surface area contributed by atoms with Gasteiger partial charge in [-0.15, -0.1) is 0 Å². The van der Waals surface area contributed by atoms with Crippen molar-refractivity contribution in [2.75, 3.05) is 0 Å². The number of aromatic hydroxyl groups is 1. The van der Waals surface area contributed by atoms with E-state index in [0.29, 0.717) is 17.1 Å². The molecule has 98 valence electrons. The monoisotopic (exact) mass is 258 g/mol. The lowest BCUT2D eigenvalue weighted by atomic mass is 9.91. The van der Waals surface area contributed by atoms with Gasteiger partial charge in [-0.25, -0.2) is 4.79 Å². The third-order valence-corrected chi connectivity index (χ3v) is 3.18. The maximum Gasteiger partial charge on any atom is 0.335 e. The van der Waals surface area contributed by atoms with Crippen molar-refractivity contribution >= 4 is 23.0 Å². The summed E-state index contributed by atoms with van der Waals surface area (Å²) in [6.07, 6.45) is 0.586. The first kappa shape index (κ1) is 13.1. The van der Waals surface area contributed by atoms with Crippen molar-refractivity contribution in [2.24, 2.45) is 0 Å². The van der Waals surface area contributed by atoms with E-state index in [4.69, 9.17) is 5.11 Å². The van der Waals surface area contributed by atoms with Gasteiger partial charge in [-0.1, -0.05) is 19.9 Å². The summed E-state index contributed by atoms with van der Waals surface area (Å²) in [6, 6.07) is 6.07. The van der Waals surface area contributed by atoms with Gasteiger partial charge in [-0.05, 0) is 40.5 Å². The minimum atomic E-state index is -1.02. The Balaban J connectivity index is 2.90. The van der Waals surface area contributed by atoms with Crippen molar-refractivity contribution in [3.63, 3.8) is 0 Å². The molecule has 0 aliphatic carbocycles. The Labute approximate surface area is 110 Å². The number of hydrogen-bond donors (Lipinski definition) is 2. The van der Waals surface area contributed by atoms with Gasteiger partial charge in [0.15, 0.2) is 6.29 Å². The van der Waals surface area contributed by atoms with Crippen molar-refractivity contribution in [2.45, 2.75) is 19.8 Å². The standard InChI is InChI=1S/C15H14O4/c1-8(2)11-6-14(17)13(7-16)10-4-3-9(15(18)19)5-12(10)11/h3-8,17H,1-2H3,(H,18,19). The molecule has 2 N–H and O–H groups in total. The van der Waals surface area contributed by atoms with Gasteiger partial charge < -0.3 is 10.2 Å². The SMILES string of the molecule is CC(C)c1cc(O)c(C=O)c2ccc(C(=O)O)cc12. The Kier molecular flexibility index (Phi) is 3.25. The van der Waals surface area contributed by atoms with Gasteiger partial charge in [-0.3, -0.25) is 4.79 Å². The Morgan fingerprint density at radius 2 is 1.89 bits per heavy atom. The molecule has 0 fully saturated rings. The Morgan fingerprint density at radius 3 is 2.42 bits per heavy atom. The third kappa shape index (κ3) is 2.17. The minimum absolute atomic E-state index is 0.0747. The van der Waals surface area contributed by atoms with Gasteiger partial charge in [0.05, 0.1) is 11.1 Å². The Hall–Kier alpha value is -2.36. The fourth-order valence-electron chi connectivity index (χ4n) is 2.19. The lowest BCUT2D eigenvalue weighted by molar-refractivity contribution is 0.0697. The molecule has 0 saturated carbocycles. The van der Waals surface area contributed by atoms with Crippen molar-refractivity contribution in [3.8, 4) is 5.75 Å². The highest BCUT2D eigenvalue weighted by atomic mass is 16.4. The summed E-state index contributed by atoms with van der Waals surface area (Å²) in [5.74, 6) is -0.982. The summed E-state index contributed by atoms with van der Waals surface area (Å²) in [7, 11) is 0. The van der Waals surface area contributed by atoms with E-state index in [2.05, 4.69) is 0 Å². The number of hydrogen-bond acceptors (Lipinski definition) is 3. The Bertz CT molecular complexity index is 671. The molecule has 0 aliphatic rings. The first-order valence-corrected chi connectivity index (χ1v) is 5.93. The quantitative estimate of drug-likeness (QED) is 0.829. The van der Waals surface area contributed by atoms with Crippen molar-refractivity contribution in [1.82, 2.24) is 0 Å². The van der Waals surface area contributed by atoms with Crippen LogP contribution < -0.4 is 0 Å².